The van der Waals surface area contributed by atoms with Gasteiger partial charge in [0.05, 0.1) is 11.9 Å². The Labute approximate surface area is 147 Å². The number of aromatic amines is 1. The largest absolute Gasteiger partial charge is 0.453 e. The number of nitrogens with one attached hydrogen (secondary N) is 1. The Morgan fingerprint density at radius 3 is 2.48 bits per heavy atom. The van der Waals surface area contributed by atoms with Crippen LogP contribution in [0.25, 0.3) is 22.6 Å². The first-order valence-corrected chi connectivity index (χ1v) is 7.58. The van der Waals surface area contributed by atoms with Gasteiger partial charge < -0.3 is 0 Å². The first-order valence-electron chi connectivity index (χ1n) is 7.58. The molecule has 3 heterocycles. The van der Waals surface area contributed by atoms with Crippen molar-refractivity contribution in [3.05, 3.63) is 59.6 Å². The van der Waals surface area contributed by atoms with E-state index >= 15 is 0 Å². The molecule has 0 aliphatic carbocycles. The van der Waals surface area contributed by atoms with Gasteiger partial charge in [0.15, 0.2) is 11.5 Å². The second-order valence-corrected chi connectivity index (χ2v) is 5.66. The molecule has 0 saturated carbocycles. The van der Waals surface area contributed by atoms with Crippen molar-refractivity contribution < 1.29 is 22.0 Å². The molecule has 4 rings (SSSR count). The van der Waals surface area contributed by atoms with Crippen LogP contribution in [0.15, 0.2) is 36.5 Å². The summed E-state index contributed by atoms with van der Waals surface area (Å²) in [6, 6.07) is 6.19. The summed E-state index contributed by atoms with van der Waals surface area (Å²) in [7, 11) is 0. The van der Waals surface area contributed by atoms with Crippen molar-refractivity contribution in [2.24, 2.45) is 0 Å². The third kappa shape index (κ3) is 3.23. The summed E-state index contributed by atoms with van der Waals surface area (Å²) in [5.41, 5.74) is 0.697. The summed E-state index contributed by atoms with van der Waals surface area (Å²) >= 11 is 0. The van der Waals surface area contributed by atoms with Gasteiger partial charge in [0.1, 0.15) is 17.3 Å². The molecular weight excluding hydrogens is 371 g/mol. The van der Waals surface area contributed by atoms with Gasteiger partial charge in [-0.3, -0.25) is 5.10 Å². The average molecular weight is 380 g/mol. The van der Waals surface area contributed by atoms with E-state index in [-0.39, 0.29) is 23.6 Å². The Hall–Kier alpha value is -3.37. The monoisotopic (exact) mass is 380 g/mol. The lowest BCUT2D eigenvalue weighted by Crippen LogP contribution is -2.07. The van der Waals surface area contributed by atoms with Gasteiger partial charge in [-0.05, 0) is 29.8 Å². The van der Waals surface area contributed by atoms with Crippen LogP contribution in [0.3, 0.4) is 0 Å². The van der Waals surface area contributed by atoms with Crippen LogP contribution in [0.5, 0.6) is 0 Å². The predicted molar refractivity (Wildman–Crippen MR) is 83.4 cm³/mol. The molecule has 1 N–H and O–H groups in total. The minimum atomic E-state index is -4.70. The fraction of sp³-hybridized carbons (Fsp3) is 0.125. The lowest BCUT2D eigenvalue weighted by molar-refractivity contribution is -0.144. The van der Waals surface area contributed by atoms with Crippen LogP contribution in [0, 0.1) is 11.6 Å². The number of pyridine rings is 1. The second kappa shape index (κ2) is 6.11. The van der Waals surface area contributed by atoms with Crippen molar-refractivity contribution in [2.75, 3.05) is 0 Å². The summed E-state index contributed by atoms with van der Waals surface area (Å²) in [4.78, 5) is 7.59. The first kappa shape index (κ1) is 17.1. The standard InChI is InChI=1S/C16H9F5N6/c17-9-4-8(5-10(18)6-9)7-27-14-11(2-1-3-22-14)12(26-27)13-23-15(25-24-13)16(19,20)21/h1-6H,7H2,(H,23,24,25). The molecule has 138 valence electrons. The smallest absolute Gasteiger partial charge is 0.257 e. The number of hydrogen-bond donors (Lipinski definition) is 1. The van der Waals surface area contributed by atoms with Gasteiger partial charge in [0.25, 0.3) is 5.82 Å². The van der Waals surface area contributed by atoms with Crippen LogP contribution in [-0.4, -0.2) is 29.9 Å². The molecule has 0 aliphatic rings. The minimum absolute atomic E-state index is 0.0392. The lowest BCUT2D eigenvalue weighted by atomic mass is 10.2. The van der Waals surface area contributed by atoms with E-state index in [0.717, 1.165) is 18.2 Å². The van der Waals surface area contributed by atoms with Gasteiger partial charge in [-0.15, -0.1) is 5.10 Å². The molecule has 0 unspecified atom stereocenters. The van der Waals surface area contributed by atoms with E-state index in [2.05, 4.69) is 25.3 Å². The number of H-pyrrole nitrogens is 1. The minimum Gasteiger partial charge on any atom is -0.257 e. The molecule has 0 bridgehead atoms. The molecule has 4 aromatic rings. The molecule has 0 atom stereocenters. The Balaban J connectivity index is 1.80. The highest BCUT2D eigenvalue weighted by molar-refractivity contribution is 5.89. The van der Waals surface area contributed by atoms with Crippen LogP contribution in [0.2, 0.25) is 0 Å². The van der Waals surface area contributed by atoms with E-state index in [4.69, 9.17) is 0 Å². The van der Waals surface area contributed by atoms with E-state index in [1.165, 1.54) is 10.9 Å². The van der Waals surface area contributed by atoms with Crippen molar-refractivity contribution in [1.82, 2.24) is 29.9 Å². The van der Waals surface area contributed by atoms with Gasteiger partial charge in [-0.1, -0.05) is 0 Å². The Morgan fingerprint density at radius 2 is 1.81 bits per heavy atom. The van der Waals surface area contributed by atoms with Crippen molar-refractivity contribution in [2.45, 2.75) is 12.7 Å². The number of benzene rings is 1. The predicted octanol–water partition coefficient (Wildman–Crippen LogP) is 3.56. The van der Waals surface area contributed by atoms with E-state index in [1.54, 1.807) is 12.1 Å². The molecule has 0 fully saturated rings. The van der Waals surface area contributed by atoms with Crippen molar-refractivity contribution in [1.29, 1.82) is 0 Å². The number of aromatic nitrogens is 6. The summed E-state index contributed by atoms with van der Waals surface area (Å²) in [5, 5.41) is 10.0. The van der Waals surface area contributed by atoms with Crippen LogP contribution >= 0.6 is 0 Å². The van der Waals surface area contributed by atoms with Crippen LogP contribution in [-0.2, 0) is 12.7 Å². The molecule has 0 amide bonds. The molecule has 0 spiro atoms. The quantitative estimate of drug-likeness (QED) is 0.552. The fourth-order valence-corrected chi connectivity index (χ4v) is 2.66. The van der Waals surface area contributed by atoms with Crippen molar-refractivity contribution in [3.63, 3.8) is 0 Å². The molecule has 0 saturated heterocycles. The van der Waals surface area contributed by atoms with E-state index in [0.29, 0.717) is 11.0 Å². The van der Waals surface area contributed by atoms with Crippen molar-refractivity contribution in [3.8, 4) is 11.5 Å². The molecule has 0 radical (unpaired) electrons. The number of halogens is 5. The molecule has 1 aromatic carbocycles. The highest BCUT2D eigenvalue weighted by atomic mass is 19.4. The third-order valence-corrected chi connectivity index (χ3v) is 3.72. The number of nitrogens with zero attached hydrogens (tertiary/aromatic N) is 5. The molecule has 3 aromatic heterocycles. The maximum atomic E-state index is 13.4. The van der Waals surface area contributed by atoms with Crippen LogP contribution < -0.4 is 0 Å². The summed E-state index contributed by atoms with van der Waals surface area (Å²) < 4.78 is 66.4. The molecule has 0 aliphatic heterocycles. The van der Waals surface area contributed by atoms with E-state index in [1.807, 2.05) is 0 Å². The fourth-order valence-electron chi connectivity index (χ4n) is 2.66. The lowest BCUT2D eigenvalue weighted by Gasteiger charge is -2.03. The number of alkyl halides is 3. The number of hydrogen-bond acceptors (Lipinski definition) is 4. The molecule has 11 heteroatoms. The Bertz CT molecular complexity index is 1110. The van der Waals surface area contributed by atoms with Gasteiger partial charge in [-0.2, -0.15) is 18.3 Å². The van der Waals surface area contributed by atoms with Gasteiger partial charge >= 0.3 is 6.18 Å². The topological polar surface area (TPSA) is 72.3 Å². The van der Waals surface area contributed by atoms with Crippen LogP contribution in [0.1, 0.15) is 11.4 Å². The molecular formula is C16H9F5N6. The zero-order valence-electron chi connectivity index (χ0n) is 13.3. The van der Waals surface area contributed by atoms with Gasteiger partial charge in [-0.25, -0.2) is 23.4 Å². The maximum absolute atomic E-state index is 13.4. The van der Waals surface area contributed by atoms with Gasteiger partial charge in [0, 0.05) is 12.3 Å². The number of fused-ring (bicyclic) bond motifs is 1. The Morgan fingerprint density at radius 1 is 1.07 bits per heavy atom. The average Bonchev–Trinajstić information content (AvgIpc) is 3.19. The summed E-state index contributed by atoms with van der Waals surface area (Å²) in [6.07, 6.45) is -3.23. The van der Waals surface area contributed by atoms with Crippen LogP contribution in [0.4, 0.5) is 22.0 Å². The molecule has 27 heavy (non-hydrogen) atoms. The Kier molecular flexibility index (Phi) is 3.86. The maximum Gasteiger partial charge on any atom is 0.453 e. The van der Waals surface area contributed by atoms with E-state index < -0.39 is 23.6 Å². The van der Waals surface area contributed by atoms with Gasteiger partial charge in [0.2, 0.25) is 0 Å². The zero-order valence-corrected chi connectivity index (χ0v) is 13.3. The first-order chi connectivity index (χ1) is 12.8. The summed E-state index contributed by atoms with van der Waals surface area (Å²) in [5.74, 6) is -3.01. The van der Waals surface area contributed by atoms with E-state index in [9.17, 15) is 22.0 Å². The highest BCUT2D eigenvalue weighted by Crippen LogP contribution is 2.29. The SMILES string of the molecule is Fc1cc(F)cc(Cn2nc(-c3nc(C(F)(F)F)n[nH]3)c3cccnc32)c1. The second-order valence-electron chi connectivity index (χ2n) is 5.66. The zero-order chi connectivity index (χ0) is 19.2. The highest BCUT2D eigenvalue weighted by Gasteiger charge is 2.36. The molecule has 6 nitrogen and oxygen atoms in total. The normalized spacial score (nSPS) is 12.0. The third-order valence-electron chi connectivity index (χ3n) is 3.72. The van der Waals surface area contributed by atoms with Crippen molar-refractivity contribution >= 4 is 11.0 Å². The summed E-state index contributed by atoms with van der Waals surface area (Å²) in [6.45, 7) is -0.0392. The number of rotatable bonds is 3.